The van der Waals surface area contributed by atoms with E-state index >= 15 is 0 Å². The molecule has 1 rings (SSSR count). The van der Waals surface area contributed by atoms with Gasteiger partial charge < -0.3 is 0 Å². The average Bonchev–Trinajstić information content (AvgIpc) is 2.26. The Morgan fingerprint density at radius 2 is 2.40 bits per heavy atom. The Hall–Kier alpha value is -0.890. The number of nitrogens with zero attached hydrogens (tertiary/aromatic N) is 1. The first kappa shape index (κ1) is 12.2. The molecule has 0 saturated carbocycles. The minimum absolute atomic E-state index is 0.0685. The molecule has 1 unspecified atom stereocenters. The molecule has 0 aliphatic carbocycles. The van der Waals surface area contributed by atoms with Crippen molar-refractivity contribution in [1.29, 1.82) is 0 Å². The highest BCUT2D eigenvalue weighted by Gasteiger charge is 2.09. The van der Waals surface area contributed by atoms with Gasteiger partial charge >= 0.3 is 0 Å². The van der Waals surface area contributed by atoms with E-state index in [1.165, 1.54) is 0 Å². The van der Waals surface area contributed by atoms with Crippen LogP contribution in [0.4, 0.5) is 0 Å². The number of nitrogens with two attached hydrogens (primary N) is 1. The minimum atomic E-state index is 0.0685. The highest BCUT2D eigenvalue weighted by Crippen LogP contribution is 2.17. The second-order valence-corrected chi connectivity index (χ2v) is 4.00. The molecule has 0 aliphatic heterocycles. The minimum Gasteiger partial charge on any atom is -0.271 e. The first-order valence-electron chi connectivity index (χ1n) is 4.75. The van der Waals surface area contributed by atoms with E-state index < -0.39 is 0 Å². The molecule has 0 aliphatic rings. The van der Waals surface area contributed by atoms with Gasteiger partial charge in [0.2, 0.25) is 0 Å². The fourth-order valence-corrected chi connectivity index (χ4v) is 1.49. The van der Waals surface area contributed by atoms with Crippen LogP contribution < -0.4 is 11.3 Å². The predicted molar refractivity (Wildman–Crippen MR) is 64.7 cm³/mol. The molecule has 1 aromatic heterocycles. The van der Waals surface area contributed by atoms with Crippen LogP contribution in [-0.4, -0.2) is 4.98 Å². The van der Waals surface area contributed by atoms with Crippen LogP contribution >= 0.6 is 15.9 Å². The topological polar surface area (TPSA) is 50.9 Å². The lowest BCUT2D eigenvalue weighted by molar-refractivity contribution is 0.511. The third kappa shape index (κ3) is 4.00. The van der Waals surface area contributed by atoms with E-state index in [4.69, 9.17) is 5.84 Å². The SMILES string of the molecule is CC#CCCC(NN)c1ccc(Br)cn1. The molecule has 0 amide bonds. The van der Waals surface area contributed by atoms with E-state index in [0.717, 1.165) is 23.0 Å². The molecule has 0 spiro atoms. The summed E-state index contributed by atoms with van der Waals surface area (Å²) in [6.07, 6.45) is 3.46. The van der Waals surface area contributed by atoms with Gasteiger partial charge in [0.15, 0.2) is 0 Å². The Kier molecular flexibility index (Phi) is 5.33. The number of halogens is 1. The molecule has 0 saturated heterocycles. The van der Waals surface area contributed by atoms with Gasteiger partial charge in [-0.3, -0.25) is 16.3 Å². The van der Waals surface area contributed by atoms with Gasteiger partial charge in [-0.05, 0) is 41.4 Å². The monoisotopic (exact) mass is 267 g/mol. The van der Waals surface area contributed by atoms with Crippen molar-refractivity contribution in [2.24, 2.45) is 5.84 Å². The van der Waals surface area contributed by atoms with Crippen LogP contribution in [0.25, 0.3) is 0 Å². The van der Waals surface area contributed by atoms with Gasteiger partial charge in [-0.15, -0.1) is 11.8 Å². The summed E-state index contributed by atoms with van der Waals surface area (Å²) in [5, 5.41) is 0. The third-order valence-electron chi connectivity index (χ3n) is 2.04. The Morgan fingerprint density at radius 1 is 1.60 bits per heavy atom. The van der Waals surface area contributed by atoms with Gasteiger partial charge in [0.25, 0.3) is 0 Å². The van der Waals surface area contributed by atoms with Crippen LogP contribution in [0.1, 0.15) is 31.5 Å². The van der Waals surface area contributed by atoms with E-state index in [-0.39, 0.29) is 6.04 Å². The molecule has 80 valence electrons. The summed E-state index contributed by atoms with van der Waals surface area (Å²) in [6, 6.07) is 3.98. The van der Waals surface area contributed by atoms with Crippen molar-refractivity contribution in [1.82, 2.24) is 10.4 Å². The van der Waals surface area contributed by atoms with Crippen LogP contribution in [0.5, 0.6) is 0 Å². The molecule has 1 atom stereocenters. The molecule has 3 N–H and O–H groups in total. The zero-order valence-corrected chi connectivity index (χ0v) is 10.2. The number of nitrogens with one attached hydrogen (secondary N) is 1. The van der Waals surface area contributed by atoms with E-state index in [1.807, 2.05) is 19.1 Å². The van der Waals surface area contributed by atoms with Crippen LogP contribution in [-0.2, 0) is 0 Å². The smallest absolute Gasteiger partial charge is 0.0641 e. The molecule has 0 aromatic carbocycles. The Balaban J connectivity index is 2.64. The van der Waals surface area contributed by atoms with Gasteiger partial charge in [-0.2, -0.15) is 0 Å². The molecule has 0 fully saturated rings. The lowest BCUT2D eigenvalue weighted by atomic mass is 10.1. The van der Waals surface area contributed by atoms with Crippen molar-refractivity contribution in [3.8, 4) is 11.8 Å². The molecular formula is C11H14BrN3. The van der Waals surface area contributed by atoms with Gasteiger partial charge in [0.1, 0.15) is 0 Å². The largest absolute Gasteiger partial charge is 0.271 e. The molecular weight excluding hydrogens is 254 g/mol. The number of rotatable bonds is 4. The Morgan fingerprint density at radius 3 is 2.93 bits per heavy atom. The summed E-state index contributed by atoms with van der Waals surface area (Å²) < 4.78 is 0.968. The zero-order valence-electron chi connectivity index (χ0n) is 8.63. The highest BCUT2D eigenvalue weighted by atomic mass is 79.9. The van der Waals surface area contributed by atoms with Gasteiger partial charge in [0, 0.05) is 17.1 Å². The molecule has 1 heterocycles. The van der Waals surface area contributed by atoms with Crippen LogP contribution in [0, 0.1) is 11.8 Å². The first-order chi connectivity index (χ1) is 7.27. The summed E-state index contributed by atoms with van der Waals surface area (Å²) in [7, 11) is 0. The van der Waals surface area contributed by atoms with E-state index in [0.29, 0.717) is 0 Å². The van der Waals surface area contributed by atoms with Crippen molar-refractivity contribution < 1.29 is 0 Å². The number of pyridine rings is 1. The summed E-state index contributed by atoms with van der Waals surface area (Å²) in [5.74, 6) is 11.3. The molecule has 15 heavy (non-hydrogen) atoms. The lowest BCUT2D eigenvalue weighted by Gasteiger charge is -2.13. The maximum absolute atomic E-state index is 5.48. The normalized spacial score (nSPS) is 11.7. The van der Waals surface area contributed by atoms with Gasteiger partial charge in [0.05, 0.1) is 11.7 Å². The van der Waals surface area contributed by atoms with Crippen molar-refractivity contribution >= 4 is 15.9 Å². The summed E-state index contributed by atoms with van der Waals surface area (Å²) in [6.45, 7) is 1.84. The van der Waals surface area contributed by atoms with Gasteiger partial charge in [-0.25, -0.2) is 0 Å². The van der Waals surface area contributed by atoms with Crippen LogP contribution in [0.15, 0.2) is 22.8 Å². The fraction of sp³-hybridized carbons (Fsp3) is 0.364. The first-order valence-corrected chi connectivity index (χ1v) is 5.54. The highest BCUT2D eigenvalue weighted by molar-refractivity contribution is 9.10. The van der Waals surface area contributed by atoms with E-state index in [2.05, 4.69) is 38.2 Å². The fourth-order valence-electron chi connectivity index (χ4n) is 1.25. The summed E-state index contributed by atoms with van der Waals surface area (Å²) in [4.78, 5) is 4.29. The Labute approximate surface area is 98.6 Å². The maximum Gasteiger partial charge on any atom is 0.0641 e. The summed E-state index contributed by atoms with van der Waals surface area (Å²) >= 11 is 3.34. The number of hydrogen-bond donors (Lipinski definition) is 2. The van der Waals surface area contributed by atoms with Gasteiger partial charge in [-0.1, -0.05) is 0 Å². The predicted octanol–water partition coefficient (Wildman–Crippen LogP) is 2.15. The average molecular weight is 268 g/mol. The second-order valence-electron chi connectivity index (χ2n) is 3.09. The zero-order chi connectivity index (χ0) is 11.1. The van der Waals surface area contributed by atoms with Crippen molar-refractivity contribution in [3.63, 3.8) is 0 Å². The standard InChI is InChI=1S/C11H14BrN3/c1-2-3-4-5-11(15-13)10-7-6-9(12)8-14-10/h6-8,11,15H,4-5,13H2,1H3. The molecule has 4 heteroatoms. The van der Waals surface area contributed by atoms with Crippen LogP contribution in [0.3, 0.4) is 0 Å². The van der Waals surface area contributed by atoms with Crippen molar-refractivity contribution in [3.05, 3.63) is 28.5 Å². The van der Waals surface area contributed by atoms with Crippen molar-refractivity contribution in [2.75, 3.05) is 0 Å². The number of aromatic nitrogens is 1. The van der Waals surface area contributed by atoms with Crippen molar-refractivity contribution in [2.45, 2.75) is 25.8 Å². The third-order valence-corrected chi connectivity index (χ3v) is 2.51. The summed E-state index contributed by atoms with van der Waals surface area (Å²) in [5.41, 5.74) is 3.69. The lowest BCUT2D eigenvalue weighted by Crippen LogP contribution is -2.28. The van der Waals surface area contributed by atoms with E-state index in [1.54, 1.807) is 6.20 Å². The molecule has 0 bridgehead atoms. The number of hydrogen-bond acceptors (Lipinski definition) is 3. The van der Waals surface area contributed by atoms with E-state index in [9.17, 15) is 0 Å². The molecule has 0 radical (unpaired) electrons. The number of hydrazine groups is 1. The molecule has 1 aromatic rings. The Bertz CT molecular complexity index is 350. The quantitative estimate of drug-likeness (QED) is 0.500. The molecule has 3 nitrogen and oxygen atoms in total. The maximum atomic E-state index is 5.48. The van der Waals surface area contributed by atoms with Crippen LogP contribution in [0.2, 0.25) is 0 Å². The second kappa shape index (κ2) is 6.57.